The first-order valence-corrected chi connectivity index (χ1v) is 10.9. The molecule has 1 aliphatic rings. The van der Waals surface area contributed by atoms with Gasteiger partial charge in [0.25, 0.3) is 5.91 Å². The van der Waals surface area contributed by atoms with Gasteiger partial charge in [-0.25, -0.2) is 12.8 Å². The maximum atomic E-state index is 14.3. The Morgan fingerprint density at radius 3 is 2.50 bits per heavy atom. The summed E-state index contributed by atoms with van der Waals surface area (Å²) < 4.78 is 47.2. The number of carbonyl (C=O) groups excluding carboxylic acids is 1. The number of nitrogens with zero attached hydrogens (tertiary/aromatic N) is 2. The zero-order valence-electron chi connectivity index (χ0n) is 15.5. The Morgan fingerprint density at radius 2 is 1.86 bits per heavy atom. The van der Waals surface area contributed by atoms with Gasteiger partial charge in [0.1, 0.15) is 10.7 Å². The number of rotatable bonds is 4. The lowest BCUT2D eigenvalue weighted by molar-refractivity contribution is 0.0729. The number of halogens is 2. The van der Waals surface area contributed by atoms with Crippen molar-refractivity contribution in [2.45, 2.75) is 11.8 Å². The van der Waals surface area contributed by atoms with E-state index in [0.717, 1.165) is 22.2 Å². The molecule has 150 valence electrons. The van der Waals surface area contributed by atoms with Crippen LogP contribution in [-0.2, 0) is 14.8 Å². The van der Waals surface area contributed by atoms with E-state index in [1.54, 1.807) is 13.1 Å². The molecule has 0 atom stereocenters. The summed E-state index contributed by atoms with van der Waals surface area (Å²) in [5.74, 6) is -1.31. The lowest BCUT2D eigenvalue weighted by atomic mass is 10.1. The number of amides is 1. The van der Waals surface area contributed by atoms with Gasteiger partial charge in [0.15, 0.2) is 0 Å². The Hall–Kier alpha value is -1.81. The molecule has 9 heteroatoms. The first-order valence-electron chi connectivity index (χ1n) is 8.63. The third-order valence-electron chi connectivity index (χ3n) is 4.59. The summed E-state index contributed by atoms with van der Waals surface area (Å²) in [5, 5.41) is 0. The van der Waals surface area contributed by atoms with Crippen LogP contribution >= 0.6 is 15.9 Å². The van der Waals surface area contributed by atoms with Crippen molar-refractivity contribution < 1.29 is 22.3 Å². The van der Waals surface area contributed by atoms with Crippen molar-refractivity contribution in [2.75, 3.05) is 38.3 Å². The monoisotopic (exact) mass is 470 g/mol. The molecule has 1 heterocycles. The molecule has 0 N–H and O–H groups in total. The van der Waals surface area contributed by atoms with Crippen LogP contribution in [0, 0.1) is 12.7 Å². The fourth-order valence-electron chi connectivity index (χ4n) is 3.06. The Kier molecular flexibility index (Phi) is 6.18. The zero-order chi connectivity index (χ0) is 20.5. The minimum Gasteiger partial charge on any atom is -0.379 e. The first kappa shape index (κ1) is 20.9. The van der Waals surface area contributed by atoms with Gasteiger partial charge >= 0.3 is 0 Å². The first-order chi connectivity index (χ1) is 13.2. The summed E-state index contributed by atoms with van der Waals surface area (Å²) in [6.07, 6.45) is 0. The van der Waals surface area contributed by atoms with Crippen LogP contribution in [0.25, 0.3) is 0 Å². The number of sulfonamides is 1. The zero-order valence-corrected chi connectivity index (χ0v) is 17.9. The Morgan fingerprint density at radius 1 is 1.18 bits per heavy atom. The van der Waals surface area contributed by atoms with E-state index >= 15 is 0 Å². The molecule has 0 unspecified atom stereocenters. The highest BCUT2D eigenvalue weighted by Crippen LogP contribution is 2.26. The van der Waals surface area contributed by atoms with Crippen molar-refractivity contribution in [3.05, 3.63) is 57.8 Å². The molecule has 3 rings (SSSR count). The third-order valence-corrected chi connectivity index (χ3v) is 7.00. The van der Waals surface area contributed by atoms with E-state index in [9.17, 15) is 17.6 Å². The molecule has 0 aliphatic carbocycles. The second-order valence-electron chi connectivity index (χ2n) is 6.46. The Bertz CT molecular complexity index is 1010. The maximum Gasteiger partial charge on any atom is 0.258 e. The van der Waals surface area contributed by atoms with Crippen LogP contribution in [0.3, 0.4) is 0 Å². The Labute approximate surface area is 172 Å². The number of carbonyl (C=O) groups is 1. The van der Waals surface area contributed by atoms with Gasteiger partial charge in [0, 0.05) is 35.9 Å². The smallest absolute Gasteiger partial charge is 0.258 e. The highest BCUT2D eigenvalue weighted by molar-refractivity contribution is 9.10. The largest absolute Gasteiger partial charge is 0.379 e. The topological polar surface area (TPSA) is 66.9 Å². The summed E-state index contributed by atoms with van der Waals surface area (Å²) in [7, 11) is -2.46. The van der Waals surface area contributed by atoms with Crippen LogP contribution in [0.4, 0.5) is 10.1 Å². The molecule has 1 amide bonds. The van der Waals surface area contributed by atoms with Crippen molar-refractivity contribution >= 4 is 37.5 Å². The van der Waals surface area contributed by atoms with Crippen LogP contribution in [0.1, 0.15) is 15.9 Å². The number of morpholine rings is 1. The van der Waals surface area contributed by atoms with Gasteiger partial charge in [-0.15, -0.1) is 0 Å². The van der Waals surface area contributed by atoms with Crippen molar-refractivity contribution in [3.63, 3.8) is 0 Å². The summed E-state index contributed by atoms with van der Waals surface area (Å²) in [4.78, 5) is 13.8. The number of hydrogen-bond donors (Lipinski definition) is 0. The van der Waals surface area contributed by atoms with Gasteiger partial charge in [0.2, 0.25) is 10.0 Å². The second kappa shape index (κ2) is 8.28. The SMILES string of the molecule is Cc1cc(Br)ccc1N(C)C(=O)c1ccc(F)c(S(=O)(=O)N2CCOCC2)c1. The molecular weight excluding hydrogens is 451 g/mol. The number of hydrogen-bond acceptors (Lipinski definition) is 4. The average molecular weight is 471 g/mol. The predicted octanol–water partition coefficient (Wildman–Crippen LogP) is 3.19. The van der Waals surface area contributed by atoms with E-state index in [-0.39, 0.29) is 31.9 Å². The molecule has 6 nitrogen and oxygen atoms in total. The molecule has 0 aromatic heterocycles. The van der Waals surface area contributed by atoms with E-state index in [2.05, 4.69) is 15.9 Å². The summed E-state index contributed by atoms with van der Waals surface area (Å²) >= 11 is 3.38. The van der Waals surface area contributed by atoms with Gasteiger partial charge in [-0.3, -0.25) is 4.79 Å². The van der Waals surface area contributed by atoms with E-state index in [4.69, 9.17) is 4.74 Å². The van der Waals surface area contributed by atoms with Crippen LogP contribution in [0.5, 0.6) is 0 Å². The van der Waals surface area contributed by atoms with Crippen LogP contribution in [0.2, 0.25) is 0 Å². The minimum atomic E-state index is -4.05. The number of aryl methyl sites for hydroxylation is 1. The molecule has 1 aliphatic heterocycles. The number of ether oxygens (including phenoxy) is 1. The number of anilines is 1. The molecule has 28 heavy (non-hydrogen) atoms. The van der Waals surface area contributed by atoms with Crippen LogP contribution in [0.15, 0.2) is 45.8 Å². The van der Waals surface area contributed by atoms with Crippen LogP contribution in [-0.4, -0.2) is 52.0 Å². The van der Waals surface area contributed by atoms with E-state index in [1.165, 1.54) is 15.3 Å². The van der Waals surface area contributed by atoms with Crippen molar-refractivity contribution in [2.24, 2.45) is 0 Å². The van der Waals surface area contributed by atoms with E-state index < -0.39 is 26.6 Å². The fraction of sp³-hybridized carbons (Fsp3) is 0.316. The van der Waals surface area contributed by atoms with Gasteiger partial charge in [0.05, 0.1) is 13.2 Å². The second-order valence-corrected chi connectivity index (χ2v) is 9.28. The molecular formula is C19H20BrFN2O4S. The predicted molar refractivity (Wildman–Crippen MR) is 108 cm³/mol. The van der Waals surface area contributed by atoms with Crippen molar-refractivity contribution in [3.8, 4) is 0 Å². The molecule has 0 spiro atoms. The summed E-state index contributed by atoms with van der Waals surface area (Å²) in [6, 6.07) is 8.88. The fourth-order valence-corrected chi connectivity index (χ4v) is 5.03. The van der Waals surface area contributed by atoms with E-state index in [1.807, 2.05) is 19.1 Å². The summed E-state index contributed by atoms with van der Waals surface area (Å²) in [6.45, 7) is 2.68. The molecule has 2 aromatic rings. The van der Waals surface area contributed by atoms with Gasteiger partial charge < -0.3 is 9.64 Å². The average Bonchev–Trinajstić information content (AvgIpc) is 2.68. The molecule has 1 fully saturated rings. The maximum absolute atomic E-state index is 14.3. The molecule has 2 aromatic carbocycles. The molecule has 0 saturated carbocycles. The third kappa shape index (κ3) is 4.12. The highest BCUT2D eigenvalue weighted by atomic mass is 79.9. The van der Waals surface area contributed by atoms with Crippen LogP contribution < -0.4 is 4.90 Å². The lowest BCUT2D eigenvalue weighted by Crippen LogP contribution is -2.41. The quantitative estimate of drug-likeness (QED) is 0.687. The summed E-state index contributed by atoms with van der Waals surface area (Å²) in [5.41, 5.74) is 1.64. The standard InChI is InChI=1S/C19H20BrFN2O4S/c1-13-11-15(20)4-6-17(13)22(2)19(24)14-3-5-16(21)18(12-14)28(25,26)23-7-9-27-10-8-23/h3-6,11-12H,7-10H2,1-2H3. The highest BCUT2D eigenvalue weighted by Gasteiger charge is 2.30. The molecule has 0 radical (unpaired) electrons. The Balaban J connectivity index is 1.95. The van der Waals surface area contributed by atoms with Gasteiger partial charge in [-0.05, 0) is 48.9 Å². The van der Waals surface area contributed by atoms with E-state index in [0.29, 0.717) is 5.69 Å². The number of benzene rings is 2. The molecule has 1 saturated heterocycles. The molecule has 0 bridgehead atoms. The lowest BCUT2D eigenvalue weighted by Gasteiger charge is -2.26. The minimum absolute atomic E-state index is 0.0954. The van der Waals surface area contributed by atoms with Crippen molar-refractivity contribution in [1.29, 1.82) is 0 Å². The van der Waals surface area contributed by atoms with Gasteiger partial charge in [-0.2, -0.15) is 4.31 Å². The van der Waals surface area contributed by atoms with Gasteiger partial charge in [-0.1, -0.05) is 15.9 Å². The van der Waals surface area contributed by atoms with Crippen molar-refractivity contribution in [1.82, 2.24) is 4.31 Å². The normalized spacial score (nSPS) is 15.4.